The number of sulfonamides is 1. The molecule has 172 valence electrons. The quantitative estimate of drug-likeness (QED) is 0.653. The average molecular weight is 459 g/mol. The maximum Gasteiger partial charge on any atom is 0.251 e. The Morgan fingerprint density at radius 1 is 1.03 bits per heavy atom. The molecule has 1 saturated heterocycles. The topological polar surface area (TPSA) is 91.8 Å². The van der Waals surface area contributed by atoms with Gasteiger partial charge in [0.2, 0.25) is 10.0 Å². The van der Waals surface area contributed by atoms with Crippen molar-refractivity contribution >= 4 is 21.7 Å². The van der Waals surface area contributed by atoms with Gasteiger partial charge in [-0.15, -0.1) is 0 Å². The van der Waals surface area contributed by atoms with E-state index in [1.165, 1.54) is 17.1 Å². The maximum absolute atomic E-state index is 12.7. The van der Waals surface area contributed by atoms with Crippen LogP contribution < -0.4 is 15.0 Å². The fourth-order valence-electron chi connectivity index (χ4n) is 4.14. The van der Waals surface area contributed by atoms with E-state index in [9.17, 15) is 13.2 Å². The molecule has 0 unspecified atom stereocenters. The number of amides is 1. The van der Waals surface area contributed by atoms with Crippen LogP contribution in [0.3, 0.4) is 0 Å². The number of ether oxygens (including phenoxy) is 1. The van der Waals surface area contributed by atoms with Gasteiger partial charge < -0.3 is 15.0 Å². The molecule has 1 aromatic heterocycles. The highest BCUT2D eigenvalue weighted by atomic mass is 32.2. The van der Waals surface area contributed by atoms with Gasteiger partial charge in [0, 0.05) is 44.5 Å². The predicted octanol–water partition coefficient (Wildman–Crippen LogP) is 2.28. The highest BCUT2D eigenvalue weighted by Gasteiger charge is 2.27. The molecule has 2 aliphatic rings. The fraction of sp³-hybridized carbons (Fsp3) is 0.478. The van der Waals surface area contributed by atoms with Gasteiger partial charge in [-0.3, -0.25) is 4.79 Å². The van der Waals surface area contributed by atoms with E-state index in [0.717, 1.165) is 24.4 Å². The molecule has 1 aromatic carbocycles. The Balaban J connectivity index is 1.21. The molecule has 9 heteroatoms. The molecular formula is C23H30N4O4S. The zero-order chi connectivity index (χ0) is 22.4. The first-order valence-electron chi connectivity index (χ1n) is 11.2. The summed E-state index contributed by atoms with van der Waals surface area (Å²) in [5.41, 5.74) is 0.491. The van der Waals surface area contributed by atoms with Crippen molar-refractivity contribution < 1.29 is 17.9 Å². The molecule has 1 amide bonds. The summed E-state index contributed by atoms with van der Waals surface area (Å²) in [4.78, 5) is 18.8. The van der Waals surface area contributed by atoms with Crippen molar-refractivity contribution in [3.63, 3.8) is 0 Å². The predicted molar refractivity (Wildman–Crippen MR) is 123 cm³/mol. The van der Waals surface area contributed by atoms with Crippen LogP contribution in [0.15, 0.2) is 48.7 Å². The van der Waals surface area contributed by atoms with E-state index in [1.54, 1.807) is 30.5 Å². The lowest BCUT2D eigenvalue weighted by atomic mass is 10.2. The second kappa shape index (κ2) is 10.3. The van der Waals surface area contributed by atoms with Crippen molar-refractivity contribution in [3.8, 4) is 5.75 Å². The zero-order valence-electron chi connectivity index (χ0n) is 18.2. The SMILES string of the molecule is O=C(NCCS(=O)(=O)N1CCN(c2ccccn2)CC1)c1ccc(OC2CCCC2)cc1. The largest absolute Gasteiger partial charge is 0.490 e. The van der Waals surface area contributed by atoms with Crippen LogP contribution in [-0.4, -0.2) is 68.2 Å². The summed E-state index contributed by atoms with van der Waals surface area (Å²) in [6, 6.07) is 12.7. The number of hydrogen-bond donors (Lipinski definition) is 1. The van der Waals surface area contributed by atoms with Crippen LogP contribution in [0.25, 0.3) is 0 Å². The first kappa shape index (κ1) is 22.5. The van der Waals surface area contributed by atoms with Crippen LogP contribution in [0.2, 0.25) is 0 Å². The van der Waals surface area contributed by atoms with Crippen LogP contribution in [0.5, 0.6) is 5.75 Å². The lowest BCUT2D eigenvalue weighted by molar-refractivity contribution is 0.0956. The molecule has 2 fully saturated rings. The van der Waals surface area contributed by atoms with Gasteiger partial charge in [0.25, 0.3) is 5.91 Å². The van der Waals surface area contributed by atoms with Crippen molar-refractivity contribution in [2.45, 2.75) is 31.8 Å². The summed E-state index contributed by atoms with van der Waals surface area (Å²) in [6.45, 7) is 2.09. The molecule has 1 N–H and O–H groups in total. The van der Waals surface area contributed by atoms with Crippen molar-refractivity contribution in [1.82, 2.24) is 14.6 Å². The molecule has 1 aliphatic carbocycles. The van der Waals surface area contributed by atoms with Gasteiger partial charge in [-0.25, -0.2) is 13.4 Å². The number of aromatic nitrogens is 1. The van der Waals surface area contributed by atoms with Crippen molar-refractivity contribution in [3.05, 3.63) is 54.2 Å². The van der Waals surface area contributed by atoms with Crippen LogP contribution in [0.1, 0.15) is 36.0 Å². The average Bonchev–Trinajstić information content (AvgIpc) is 3.33. The van der Waals surface area contributed by atoms with E-state index >= 15 is 0 Å². The van der Waals surface area contributed by atoms with Gasteiger partial charge in [-0.1, -0.05) is 6.07 Å². The highest BCUT2D eigenvalue weighted by molar-refractivity contribution is 7.89. The van der Waals surface area contributed by atoms with E-state index in [-0.39, 0.29) is 24.3 Å². The van der Waals surface area contributed by atoms with Gasteiger partial charge in [0.05, 0.1) is 11.9 Å². The lowest BCUT2D eigenvalue weighted by Gasteiger charge is -2.34. The Bertz CT molecular complexity index is 984. The number of hydrogen-bond acceptors (Lipinski definition) is 6. The number of piperazine rings is 1. The number of rotatable bonds is 8. The Morgan fingerprint density at radius 2 is 1.75 bits per heavy atom. The first-order valence-corrected chi connectivity index (χ1v) is 12.8. The Kier molecular flexibility index (Phi) is 7.26. The number of carbonyl (C=O) groups excluding carboxylic acids is 1. The zero-order valence-corrected chi connectivity index (χ0v) is 19.0. The van der Waals surface area contributed by atoms with E-state index in [2.05, 4.69) is 15.2 Å². The molecule has 0 bridgehead atoms. The van der Waals surface area contributed by atoms with Crippen molar-refractivity contribution in [2.24, 2.45) is 0 Å². The Morgan fingerprint density at radius 3 is 2.41 bits per heavy atom. The second-order valence-electron chi connectivity index (χ2n) is 8.19. The van der Waals surface area contributed by atoms with Crippen LogP contribution >= 0.6 is 0 Å². The van der Waals surface area contributed by atoms with E-state index < -0.39 is 10.0 Å². The van der Waals surface area contributed by atoms with Gasteiger partial charge in [0.1, 0.15) is 11.6 Å². The molecule has 1 saturated carbocycles. The van der Waals surface area contributed by atoms with E-state index in [1.807, 2.05) is 18.2 Å². The minimum atomic E-state index is -3.44. The van der Waals surface area contributed by atoms with Crippen molar-refractivity contribution in [1.29, 1.82) is 0 Å². The molecular weight excluding hydrogens is 428 g/mol. The van der Waals surface area contributed by atoms with E-state index in [0.29, 0.717) is 31.7 Å². The molecule has 0 radical (unpaired) electrons. The summed E-state index contributed by atoms with van der Waals surface area (Å²) in [6.07, 6.45) is 6.56. The highest BCUT2D eigenvalue weighted by Crippen LogP contribution is 2.24. The van der Waals surface area contributed by atoms with Gasteiger partial charge in [0.15, 0.2) is 0 Å². The van der Waals surface area contributed by atoms with Crippen LogP contribution in [0, 0.1) is 0 Å². The number of pyridine rings is 1. The number of carbonyl (C=O) groups is 1. The Labute approximate surface area is 189 Å². The van der Waals surface area contributed by atoms with Gasteiger partial charge >= 0.3 is 0 Å². The van der Waals surface area contributed by atoms with Crippen LogP contribution in [0.4, 0.5) is 5.82 Å². The van der Waals surface area contributed by atoms with Gasteiger partial charge in [-0.2, -0.15) is 4.31 Å². The summed E-state index contributed by atoms with van der Waals surface area (Å²) in [7, 11) is -3.44. The van der Waals surface area contributed by atoms with Crippen LogP contribution in [-0.2, 0) is 10.0 Å². The fourth-order valence-corrected chi connectivity index (χ4v) is 5.48. The Hall–Kier alpha value is -2.65. The third-order valence-corrected chi connectivity index (χ3v) is 7.84. The number of nitrogens with zero attached hydrogens (tertiary/aromatic N) is 3. The first-order chi connectivity index (χ1) is 15.5. The molecule has 2 aromatic rings. The molecule has 2 heterocycles. The second-order valence-corrected chi connectivity index (χ2v) is 10.3. The number of nitrogens with one attached hydrogen (secondary N) is 1. The van der Waals surface area contributed by atoms with E-state index in [4.69, 9.17) is 4.74 Å². The summed E-state index contributed by atoms with van der Waals surface area (Å²) in [5.74, 6) is 1.22. The number of benzene rings is 1. The molecule has 1 aliphatic heterocycles. The third-order valence-electron chi connectivity index (χ3n) is 5.97. The molecule has 0 atom stereocenters. The standard InChI is InChI=1S/C23H30N4O4S/c28-23(19-8-10-21(11-9-19)31-20-5-1-2-6-20)25-13-18-32(29,30)27-16-14-26(15-17-27)22-7-3-4-12-24-22/h3-4,7-12,20H,1-2,5-6,13-18H2,(H,25,28). The minimum absolute atomic E-state index is 0.0714. The third kappa shape index (κ3) is 5.77. The summed E-state index contributed by atoms with van der Waals surface area (Å²) in [5, 5.41) is 2.72. The molecule has 32 heavy (non-hydrogen) atoms. The molecule has 4 rings (SSSR count). The smallest absolute Gasteiger partial charge is 0.251 e. The summed E-state index contributed by atoms with van der Waals surface area (Å²) < 4.78 is 32.8. The lowest BCUT2D eigenvalue weighted by Crippen LogP contribution is -2.50. The number of anilines is 1. The van der Waals surface area contributed by atoms with Crippen molar-refractivity contribution in [2.75, 3.05) is 43.4 Å². The normalized spacial score (nSPS) is 17.9. The minimum Gasteiger partial charge on any atom is -0.490 e. The molecule has 0 spiro atoms. The van der Waals surface area contributed by atoms with Gasteiger partial charge in [-0.05, 0) is 62.1 Å². The maximum atomic E-state index is 12.7. The monoisotopic (exact) mass is 458 g/mol. The summed E-state index contributed by atoms with van der Waals surface area (Å²) >= 11 is 0. The molecule has 8 nitrogen and oxygen atoms in total.